The highest BCUT2D eigenvalue weighted by molar-refractivity contribution is 6.60. The van der Waals surface area contributed by atoms with Gasteiger partial charge in [0.2, 0.25) is 0 Å². The molecule has 0 aliphatic rings. The molecular formula is C12H26O5Si. The molecule has 0 heterocycles. The molecule has 6 heteroatoms. The van der Waals surface area contributed by atoms with Gasteiger partial charge in [0.25, 0.3) is 0 Å². The first-order valence-electron chi connectivity index (χ1n) is 6.02. The van der Waals surface area contributed by atoms with Crippen LogP contribution in [0.1, 0.15) is 20.3 Å². The van der Waals surface area contributed by atoms with Crippen molar-refractivity contribution >= 4 is 8.80 Å². The second kappa shape index (κ2) is 9.66. The van der Waals surface area contributed by atoms with Crippen LogP contribution < -0.4 is 0 Å². The van der Waals surface area contributed by atoms with E-state index in [1.54, 1.807) is 21.3 Å². The van der Waals surface area contributed by atoms with Gasteiger partial charge < -0.3 is 22.8 Å². The Labute approximate surface area is 111 Å². The molecule has 0 aliphatic heterocycles. The lowest BCUT2D eigenvalue weighted by Gasteiger charge is -2.24. The van der Waals surface area contributed by atoms with E-state index < -0.39 is 8.80 Å². The highest BCUT2D eigenvalue weighted by Crippen LogP contribution is 2.15. The van der Waals surface area contributed by atoms with Gasteiger partial charge in [0.15, 0.2) is 6.29 Å². The molecule has 0 aromatic rings. The predicted octanol–water partition coefficient (Wildman–Crippen LogP) is 2.21. The molecule has 0 saturated carbocycles. The van der Waals surface area contributed by atoms with E-state index in [0.717, 1.165) is 18.0 Å². The topological polar surface area (TPSA) is 46.2 Å². The molecule has 0 aliphatic carbocycles. The quantitative estimate of drug-likeness (QED) is 0.251. The summed E-state index contributed by atoms with van der Waals surface area (Å²) in [5.74, 6) is 0. The standard InChI is InChI=1S/C12H26O5Si/c1-11(2)10-17-12(3)16-8-7-9-18(13-4,14-5)15-6/h12H,1,7-10H2,2-6H3. The molecule has 108 valence electrons. The van der Waals surface area contributed by atoms with Crippen LogP contribution in [0, 0.1) is 0 Å². The van der Waals surface area contributed by atoms with Crippen molar-refractivity contribution in [3.8, 4) is 0 Å². The van der Waals surface area contributed by atoms with Crippen LogP contribution in [0.2, 0.25) is 6.04 Å². The first-order chi connectivity index (χ1) is 8.49. The molecule has 0 spiro atoms. The van der Waals surface area contributed by atoms with Crippen molar-refractivity contribution in [1.29, 1.82) is 0 Å². The minimum absolute atomic E-state index is 0.231. The normalized spacial score (nSPS) is 13.6. The van der Waals surface area contributed by atoms with Gasteiger partial charge in [-0.2, -0.15) is 0 Å². The number of ether oxygens (including phenoxy) is 2. The van der Waals surface area contributed by atoms with Crippen LogP contribution >= 0.6 is 0 Å². The summed E-state index contributed by atoms with van der Waals surface area (Å²) in [5, 5.41) is 0. The molecule has 0 fully saturated rings. The van der Waals surface area contributed by atoms with Gasteiger partial charge in [-0.1, -0.05) is 12.2 Å². The van der Waals surface area contributed by atoms with Gasteiger partial charge in [-0.25, -0.2) is 0 Å². The summed E-state index contributed by atoms with van der Waals surface area (Å²) in [6.45, 7) is 8.66. The lowest BCUT2D eigenvalue weighted by atomic mass is 10.4. The number of hydrogen-bond donors (Lipinski definition) is 0. The SMILES string of the molecule is C=C(C)COC(C)OCCC[Si](OC)(OC)OC. The fourth-order valence-corrected chi connectivity index (χ4v) is 3.09. The monoisotopic (exact) mass is 278 g/mol. The van der Waals surface area contributed by atoms with Crippen LogP contribution in [0.5, 0.6) is 0 Å². The Morgan fingerprint density at radius 2 is 1.67 bits per heavy atom. The Hall–Kier alpha value is -0.243. The van der Waals surface area contributed by atoms with Crippen LogP contribution in [0.4, 0.5) is 0 Å². The highest BCUT2D eigenvalue weighted by Gasteiger charge is 2.36. The minimum atomic E-state index is -2.46. The van der Waals surface area contributed by atoms with Crippen molar-refractivity contribution in [2.75, 3.05) is 34.5 Å². The van der Waals surface area contributed by atoms with E-state index in [-0.39, 0.29) is 6.29 Å². The maximum atomic E-state index is 5.51. The molecule has 1 atom stereocenters. The summed E-state index contributed by atoms with van der Waals surface area (Å²) < 4.78 is 26.9. The summed E-state index contributed by atoms with van der Waals surface area (Å²) in [6.07, 6.45) is 0.577. The molecular weight excluding hydrogens is 252 g/mol. The van der Waals surface area contributed by atoms with Crippen molar-refractivity contribution < 1.29 is 22.8 Å². The van der Waals surface area contributed by atoms with Gasteiger partial charge in [0.1, 0.15) is 0 Å². The molecule has 0 radical (unpaired) electrons. The lowest BCUT2D eigenvalue weighted by molar-refractivity contribution is -0.124. The molecule has 0 aromatic carbocycles. The molecule has 0 rings (SSSR count). The Kier molecular flexibility index (Phi) is 9.53. The maximum Gasteiger partial charge on any atom is 0.500 e. The van der Waals surface area contributed by atoms with E-state index in [1.807, 2.05) is 13.8 Å². The zero-order chi connectivity index (χ0) is 14.0. The summed E-state index contributed by atoms with van der Waals surface area (Å²) in [7, 11) is 2.37. The molecule has 18 heavy (non-hydrogen) atoms. The zero-order valence-electron chi connectivity index (χ0n) is 12.2. The van der Waals surface area contributed by atoms with E-state index in [2.05, 4.69) is 6.58 Å². The van der Waals surface area contributed by atoms with Crippen LogP contribution in [0.3, 0.4) is 0 Å². The highest BCUT2D eigenvalue weighted by atomic mass is 28.4. The van der Waals surface area contributed by atoms with Gasteiger partial charge in [-0.3, -0.25) is 0 Å². The van der Waals surface area contributed by atoms with Crippen molar-refractivity contribution in [3.63, 3.8) is 0 Å². The van der Waals surface area contributed by atoms with Gasteiger partial charge in [0, 0.05) is 34.0 Å². The fourth-order valence-electron chi connectivity index (χ4n) is 1.40. The second-order valence-corrected chi connectivity index (χ2v) is 7.20. The zero-order valence-corrected chi connectivity index (χ0v) is 13.2. The van der Waals surface area contributed by atoms with Gasteiger partial charge in [0.05, 0.1) is 6.61 Å². The van der Waals surface area contributed by atoms with E-state index >= 15 is 0 Å². The lowest BCUT2D eigenvalue weighted by Crippen LogP contribution is -2.42. The predicted molar refractivity (Wildman–Crippen MR) is 72.4 cm³/mol. The minimum Gasteiger partial charge on any atom is -0.377 e. The van der Waals surface area contributed by atoms with E-state index in [9.17, 15) is 0 Å². The van der Waals surface area contributed by atoms with E-state index in [4.69, 9.17) is 22.8 Å². The van der Waals surface area contributed by atoms with Crippen molar-refractivity contribution in [2.24, 2.45) is 0 Å². The van der Waals surface area contributed by atoms with Crippen molar-refractivity contribution in [2.45, 2.75) is 32.6 Å². The summed E-state index contributed by atoms with van der Waals surface area (Å²) in [6, 6.07) is 0.726. The molecule has 0 amide bonds. The Balaban J connectivity index is 3.74. The van der Waals surface area contributed by atoms with E-state index in [1.165, 1.54) is 0 Å². The largest absolute Gasteiger partial charge is 0.500 e. The Morgan fingerprint density at radius 3 is 2.11 bits per heavy atom. The summed E-state index contributed by atoms with van der Waals surface area (Å²) in [4.78, 5) is 0. The first-order valence-corrected chi connectivity index (χ1v) is 7.96. The second-order valence-electron chi connectivity index (χ2n) is 4.11. The summed E-state index contributed by atoms with van der Waals surface area (Å²) >= 11 is 0. The molecule has 0 bridgehead atoms. The molecule has 0 aromatic heterocycles. The summed E-state index contributed by atoms with van der Waals surface area (Å²) in [5.41, 5.74) is 0.982. The van der Waals surface area contributed by atoms with Crippen LogP contribution in [0.15, 0.2) is 12.2 Å². The average Bonchev–Trinajstić information content (AvgIpc) is 2.37. The molecule has 0 N–H and O–H groups in total. The molecule has 1 unspecified atom stereocenters. The van der Waals surface area contributed by atoms with Crippen LogP contribution in [-0.2, 0) is 22.8 Å². The van der Waals surface area contributed by atoms with Gasteiger partial charge in [-0.05, 0) is 20.3 Å². The molecule has 0 saturated heterocycles. The van der Waals surface area contributed by atoms with Crippen LogP contribution in [0.25, 0.3) is 0 Å². The smallest absolute Gasteiger partial charge is 0.377 e. The van der Waals surface area contributed by atoms with Crippen LogP contribution in [-0.4, -0.2) is 49.6 Å². The van der Waals surface area contributed by atoms with Gasteiger partial charge >= 0.3 is 8.80 Å². The third kappa shape index (κ3) is 7.25. The fraction of sp³-hybridized carbons (Fsp3) is 0.833. The van der Waals surface area contributed by atoms with Gasteiger partial charge in [-0.15, -0.1) is 0 Å². The Morgan fingerprint density at radius 1 is 1.11 bits per heavy atom. The molecule has 5 nitrogen and oxygen atoms in total. The van der Waals surface area contributed by atoms with Crippen molar-refractivity contribution in [3.05, 3.63) is 12.2 Å². The maximum absolute atomic E-state index is 5.51. The number of rotatable bonds is 11. The first kappa shape index (κ1) is 17.8. The third-order valence-electron chi connectivity index (χ3n) is 2.48. The number of hydrogen-bond acceptors (Lipinski definition) is 5. The Bertz CT molecular complexity index is 222. The van der Waals surface area contributed by atoms with Crippen molar-refractivity contribution in [1.82, 2.24) is 0 Å². The average molecular weight is 278 g/mol. The van der Waals surface area contributed by atoms with E-state index in [0.29, 0.717) is 13.2 Å². The third-order valence-corrected chi connectivity index (χ3v) is 5.31.